The number of rotatable bonds is 6. The molecule has 0 aromatic heterocycles. The molecule has 4 rings (SSSR count). The predicted octanol–water partition coefficient (Wildman–Crippen LogP) is 7.59. The van der Waals surface area contributed by atoms with Crippen LogP contribution in [0.3, 0.4) is 0 Å². The second-order valence-corrected chi connectivity index (χ2v) is 8.08. The summed E-state index contributed by atoms with van der Waals surface area (Å²) in [4.78, 5) is 1.36. The molecule has 0 aliphatic heterocycles. The topological polar surface area (TPSA) is 24.1 Å². The molecule has 0 heterocycles. The first-order valence-corrected chi connectivity index (χ1v) is 10.9. The molecule has 0 unspecified atom stereocenters. The fraction of sp³-hybridized carbons (Fsp3) is 0.0370. The van der Waals surface area contributed by atoms with Gasteiger partial charge in [-0.1, -0.05) is 121 Å². The molecule has 0 atom stereocenters. The van der Waals surface area contributed by atoms with Crippen molar-refractivity contribution in [3.63, 3.8) is 0 Å². The Balaban J connectivity index is 1.45. The van der Waals surface area contributed by atoms with Gasteiger partial charge in [0.15, 0.2) is 0 Å². The van der Waals surface area contributed by atoms with Crippen LogP contribution in [-0.2, 0) is 0 Å². The quantitative estimate of drug-likeness (QED) is 0.303. The van der Waals surface area contributed by atoms with Gasteiger partial charge in [0.05, 0.1) is 9.98 Å². The molecule has 0 aliphatic rings. The summed E-state index contributed by atoms with van der Waals surface area (Å²) in [6.45, 7) is 0. The van der Waals surface area contributed by atoms with Gasteiger partial charge in [0, 0.05) is 28.9 Å². The molecule has 4 aromatic rings. The molecule has 0 spiro atoms. The van der Waals surface area contributed by atoms with E-state index in [2.05, 4.69) is 47.0 Å². The van der Waals surface area contributed by atoms with Gasteiger partial charge in [-0.2, -0.15) is 0 Å². The summed E-state index contributed by atoms with van der Waals surface area (Å²) >= 11 is 11.3. The molecule has 4 heteroatoms. The van der Waals surface area contributed by atoms with Crippen LogP contribution >= 0.6 is 24.4 Å². The van der Waals surface area contributed by atoms with Gasteiger partial charge < -0.3 is 10.6 Å². The van der Waals surface area contributed by atoms with E-state index < -0.39 is 0 Å². The van der Waals surface area contributed by atoms with E-state index in [9.17, 15) is 0 Å². The molecule has 0 saturated carbocycles. The van der Waals surface area contributed by atoms with Crippen LogP contribution in [0.5, 0.6) is 0 Å². The van der Waals surface area contributed by atoms with Crippen molar-refractivity contribution >= 4 is 45.8 Å². The highest BCUT2D eigenvalue weighted by molar-refractivity contribution is 7.82. The lowest BCUT2D eigenvalue weighted by Gasteiger charge is -2.16. The number of hydrogen-bond donors (Lipinski definition) is 2. The molecule has 0 fully saturated rings. The number of anilines is 2. The Morgan fingerprint density at radius 3 is 1.26 bits per heavy atom. The second kappa shape index (κ2) is 10.1. The molecule has 0 aliphatic carbocycles. The minimum atomic E-state index is 0.469. The minimum Gasteiger partial charge on any atom is -0.349 e. The molecule has 0 saturated heterocycles. The van der Waals surface area contributed by atoms with Gasteiger partial charge in [0.1, 0.15) is 0 Å². The normalized spacial score (nSPS) is 10.3. The smallest absolute Gasteiger partial charge is 0.0865 e. The fourth-order valence-electron chi connectivity index (χ4n) is 3.46. The fourth-order valence-corrected chi connectivity index (χ4v) is 4.06. The van der Waals surface area contributed by atoms with E-state index in [1.807, 2.05) is 72.8 Å². The maximum atomic E-state index is 5.63. The molecule has 4 aromatic carbocycles. The summed E-state index contributed by atoms with van der Waals surface area (Å²) in [5.74, 6) is 0. The second-order valence-electron chi connectivity index (χ2n) is 7.10. The average molecular weight is 439 g/mol. The Kier molecular flexibility index (Phi) is 6.82. The van der Waals surface area contributed by atoms with E-state index in [0.717, 1.165) is 33.6 Å². The van der Waals surface area contributed by atoms with Gasteiger partial charge in [-0.3, -0.25) is 0 Å². The van der Waals surface area contributed by atoms with Gasteiger partial charge >= 0.3 is 0 Å². The third-order valence-electron chi connectivity index (χ3n) is 4.89. The minimum absolute atomic E-state index is 0.469. The van der Waals surface area contributed by atoms with Crippen molar-refractivity contribution in [3.05, 3.63) is 109 Å². The zero-order chi connectivity index (χ0) is 21.5. The van der Waals surface area contributed by atoms with E-state index in [4.69, 9.17) is 24.4 Å². The standard InChI is InChI=1S/C27H22N2S2/c30-26(28-24-17-9-7-15-22(24)20-11-3-1-4-12-20)19-27(31)29-25-18-10-8-16-23(25)21-13-5-2-6-14-21/h1-18H,19H2,(H,28,30)(H,29,31). The van der Waals surface area contributed by atoms with Crippen LogP contribution in [0.4, 0.5) is 11.4 Å². The van der Waals surface area contributed by atoms with Gasteiger partial charge in [0.2, 0.25) is 0 Å². The Bertz CT molecular complexity index is 1090. The van der Waals surface area contributed by atoms with Crippen LogP contribution in [0.25, 0.3) is 22.3 Å². The SMILES string of the molecule is S=C(CC(=S)Nc1ccccc1-c1ccccc1)Nc1ccccc1-c1ccccc1. The molecule has 2 N–H and O–H groups in total. The summed E-state index contributed by atoms with van der Waals surface area (Å²) in [5, 5.41) is 6.75. The number of nitrogens with one attached hydrogen (secondary N) is 2. The zero-order valence-electron chi connectivity index (χ0n) is 16.9. The third kappa shape index (κ3) is 5.43. The molecule has 31 heavy (non-hydrogen) atoms. The lowest BCUT2D eigenvalue weighted by Crippen LogP contribution is -2.19. The van der Waals surface area contributed by atoms with Crippen LogP contribution < -0.4 is 10.6 Å². The number of para-hydroxylation sites is 2. The van der Waals surface area contributed by atoms with E-state index in [1.165, 1.54) is 0 Å². The molecular formula is C27H22N2S2. The Labute approximate surface area is 194 Å². The van der Waals surface area contributed by atoms with Crippen LogP contribution in [-0.4, -0.2) is 9.98 Å². The van der Waals surface area contributed by atoms with E-state index >= 15 is 0 Å². The van der Waals surface area contributed by atoms with Crippen molar-refractivity contribution in [2.75, 3.05) is 10.6 Å². The maximum absolute atomic E-state index is 5.63. The highest BCUT2D eigenvalue weighted by atomic mass is 32.1. The van der Waals surface area contributed by atoms with Gasteiger partial charge in [0.25, 0.3) is 0 Å². The van der Waals surface area contributed by atoms with Gasteiger partial charge in [-0.15, -0.1) is 0 Å². The molecule has 2 nitrogen and oxygen atoms in total. The van der Waals surface area contributed by atoms with Crippen LogP contribution in [0.15, 0.2) is 109 Å². The Morgan fingerprint density at radius 2 is 0.839 bits per heavy atom. The highest BCUT2D eigenvalue weighted by Gasteiger charge is 2.10. The highest BCUT2D eigenvalue weighted by Crippen LogP contribution is 2.29. The summed E-state index contributed by atoms with van der Waals surface area (Å²) in [5.41, 5.74) is 6.46. The largest absolute Gasteiger partial charge is 0.349 e. The van der Waals surface area contributed by atoms with E-state index in [-0.39, 0.29) is 0 Å². The lowest BCUT2D eigenvalue weighted by atomic mass is 10.0. The van der Waals surface area contributed by atoms with Crippen LogP contribution in [0.2, 0.25) is 0 Å². The first-order valence-electron chi connectivity index (χ1n) is 10.1. The van der Waals surface area contributed by atoms with Crippen molar-refractivity contribution in [1.82, 2.24) is 0 Å². The first kappa shape index (κ1) is 20.9. The molecule has 0 amide bonds. The van der Waals surface area contributed by atoms with Crippen molar-refractivity contribution in [2.45, 2.75) is 6.42 Å². The number of thiocarbonyl (C=S) groups is 2. The Hall–Kier alpha value is -3.34. The average Bonchev–Trinajstić information content (AvgIpc) is 2.81. The van der Waals surface area contributed by atoms with Crippen molar-refractivity contribution in [1.29, 1.82) is 0 Å². The monoisotopic (exact) mass is 438 g/mol. The van der Waals surface area contributed by atoms with Gasteiger partial charge in [-0.25, -0.2) is 0 Å². The van der Waals surface area contributed by atoms with Crippen LogP contribution in [0.1, 0.15) is 6.42 Å². The van der Waals surface area contributed by atoms with Crippen molar-refractivity contribution in [3.8, 4) is 22.3 Å². The summed E-state index contributed by atoms with van der Waals surface area (Å²) in [7, 11) is 0. The molecule has 0 bridgehead atoms. The predicted molar refractivity (Wildman–Crippen MR) is 141 cm³/mol. The lowest BCUT2D eigenvalue weighted by molar-refractivity contribution is 1.52. The molecule has 0 radical (unpaired) electrons. The van der Waals surface area contributed by atoms with E-state index in [1.54, 1.807) is 0 Å². The maximum Gasteiger partial charge on any atom is 0.0865 e. The summed E-state index contributed by atoms with van der Waals surface area (Å²) in [6.07, 6.45) is 0.469. The van der Waals surface area contributed by atoms with Crippen molar-refractivity contribution in [2.24, 2.45) is 0 Å². The zero-order valence-corrected chi connectivity index (χ0v) is 18.5. The number of benzene rings is 4. The van der Waals surface area contributed by atoms with Crippen LogP contribution in [0, 0.1) is 0 Å². The summed E-state index contributed by atoms with van der Waals surface area (Å²) < 4.78 is 0. The number of hydrogen-bond acceptors (Lipinski definition) is 2. The molecular weight excluding hydrogens is 416 g/mol. The van der Waals surface area contributed by atoms with Crippen molar-refractivity contribution < 1.29 is 0 Å². The van der Waals surface area contributed by atoms with Gasteiger partial charge in [-0.05, 0) is 23.3 Å². The summed E-state index contributed by atoms with van der Waals surface area (Å²) in [6, 6.07) is 36.9. The first-order chi connectivity index (χ1) is 15.2. The van der Waals surface area contributed by atoms with E-state index in [0.29, 0.717) is 16.4 Å². The third-order valence-corrected chi connectivity index (χ3v) is 5.39. The Morgan fingerprint density at radius 1 is 0.484 bits per heavy atom. The molecule has 152 valence electrons.